The van der Waals surface area contributed by atoms with E-state index in [0.717, 1.165) is 25.9 Å². The minimum absolute atomic E-state index is 0.117. The third kappa shape index (κ3) is 4.16. The fraction of sp³-hybridized carbons (Fsp3) is 0.462. The number of carbonyl (C=O) groups excluding carboxylic acids is 1. The van der Waals surface area contributed by atoms with E-state index in [1.807, 2.05) is 4.90 Å². The Morgan fingerprint density at radius 1 is 1.47 bits per heavy atom. The average Bonchev–Trinajstić information content (AvgIpc) is 2.37. The highest BCUT2D eigenvalue weighted by atomic mass is 35.5. The number of benzene rings is 1. The van der Waals surface area contributed by atoms with Crippen molar-refractivity contribution in [1.29, 1.82) is 0 Å². The standard InChI is InChI=1S/C13H17ClFN3O/c14-9-1-2-11(15)12(7-9)17-13(19)8-18-5-3-10(16)4-6-18/h1-2,7,10H,3-6,8,16H2,(H,17,19). The molecule has 0 aromatic heterocycles. The average molecular weight is 286 g/mol. The van der Waals surface area contributed by atoms with E-state index in [0.29, 0.717) is 5.02 Å². The van der Waals surface area contributed by atoms with E-state index in [2.05, 4.69) is 5.32 Å². The molecule has 1 aliphatic heterocycles. The molecule has 4 nitrogen and oxygen atoms in total. The maximum atomic E-state index is 13.5. The molecule has 1 aromatic carbocycles. The molecular formula is C13H17ClFN3O. The number of piperidine rings is 1. The second-order valence-electron chi connectivity index (χ2n) is 4.79. The number of amides is 1. The van der Waals surface area contributed by atoms with Crippen molar-refractivity contribution in [1.82, 2.24) is 4.90 Å². The Balaban J connectivity index is 1.89. The van der Waals surface area contributed by atoms with Crippen molar-refractivity contribution in [2.45, 2.75) is 18.9 Å². The van der Waals surface area contributed by atoms with Crippen molar-refractivity contribution >= 4 is 23.2 Å². The minimum atomic E-state index is -0.488. The number of nitrogens with zero attached hydrogens (tertiary/aromatic N) is 1. The molecule has 1 aromatic rings. The fourth-order valence-electron chi connectivity index (χ4n) is 2.10. The van der Waals surface area contributed by atoms with Gasteiger partial charge in [0.25, 0.3) is 0 Å². The Morgan fingerprint density at radius 3 is 2.84 bits per heavy atom. The van der Waals surface area contributed by atoms with E-state index < -0.39 is 5.82 Å². The second kappa shape index (κ2) is 6.32. The lowest BCUT2D eigenvalue weighted by atomic mass is 10.1. The van der Waals surface area contributed by atoms with Crippen molar-refractivity contribution in [3.63, 3.8) is 0 Å². The monoisotopic (exact) mass is 285 g/mol. The van der Waals surface area contributed by atoms with Crippen LogP contribution in [0.25, 0.3) is 0 Å². The van der Waals surface area contributed by atoms with Crippen LogP contribution in [0, 0.1) is 5.82 Å². The van der Waals surface area contributed by atoms with Gasteiger partial charge < -0.3 is 11.1 Å². The molecule has 1 aliphatic rings. The molecule has 0 saturated carbocycles. The third-order valence-electron chi connectivity index (χ3n) is 3.20. The molecule has 0 bridgehead atoms. The number of anilines is 1. The zero-order chi connectivity index (χ0) is 13.8. The summed E-state index contributed by atoms with van der Waals surface area (Å²) < 4.78 is 13.5. The van der Waals surface area contributed by atoms with Gasteiger partial charge in [0, 0.05) is 24.2 Å². The topological polar surface area (TPSA) is 58.4 Å². The van der Waals surface area contributed by atoms with Crippen molar-refractivity contribution in [2.75, 3.05) is 25.0 Å². The smallest absolute Gasteiger partial charge is 0.238 e. The SMILES string of the molecule is NC1CCN(CC(=O)Nc2cc(Cl)ccc2F)CC1. The van der Waals surface area contributed by atoms with Crippen molar-refractivity contribution in [3.8, 4) is 0 Å². The van der Waals surface area contributed by atoms with Crippen LogP contribution >= 0.6 is 11.6 Å². The van der Waals surface area contributed by atoms with Gasteiger partial charge >= 0.3 is 0 Å². The summed E-state index contributed by atoms with van der Waals surface area (Å²) in [6.45, 7) is 1.85. The van der Waals surface area contributed by atoms with Crippen LogP contribution in [0.4, 0.5) is 10.1 Å². The van der Waals surface area contributed by atoms with E-state index in [4.69, 9.17) is 17.3 Å². The molecule has 0 spiro atoms. The molecule has 104 valence electrons. The highest BCUT2D eigenvalue weighted by Crippen LogP contribution is 2.19. The summed E-state index contributed by atoms with van der Waals surface area (Å²) in [5, 5.41) is 2.93. The van der Waals surface area contributed by atoms with Crippen LogP contribution in [0.15, 0.2) is 18.2 Å². The summed E-state index contributed by atoms with van der Waals surface area (Å²) in [7, 11) is 0. The highest BCUT2D eigenvalue weighted by Gasteiger charge is 2.18. The van der Waals surface area contributed by atoms with Crippen LogP contribution in [0.3, 0.4) is 0 Å². The molecule has 1 amide bonds. The quantitative estimate of drug-likeness (QED) is 0.891. The van der Waals surface area contributed by atoms with E-state index >= 15 is 0 Å². The number of hydrogen-bond donors (Lipinski definition) is 2. The summed E-state index contributed by atoms with van der Waals surface area (Å²) in [6, 6.07) is 4.31. The Bertz CT molecular complexity index is 461. The molecule has 1 fully saturated rings. The number of likely N-dealkylation sites (tertiary alicyclic amines) is 1. The summed E-state index contributed by atoms with van der Waals surface area (Å²) in [5.74, 6) is -0.727. The molecule has 6 heteroatoms. The molecule has 3 N–H and O–H groups in total. The normalized spacial score (nSPS) is 17.4. The first-order chi connectivity index (χ1) is 9.04. The summed E-state index contributed by atoms with van der Waals surface area (Å²) in [5.41, 5.74) is 5.91. The molecule has 1 saturated heterocycles. The summed E-state index contributed by atoms with van der Waals surface area (Å²) >= 11 is 5.77. The Morgan fingerprint density at radius 2 is 2.16 bits per heavy atom. The zero-order valence-corrected chi connectivity index (χ0v) is 11.3. The van der Waals surface area contributed by atoms with Gasteiger partial charge in [-0.05, 0) is 31.0 Å². The predicted octanol–water partition coefficient (Wildman–Crippen LogP) is 1.84. The van der Waals surface area contributed by atoms with E-state index in [9.17, 15) is 9.18 Å². The number of hydrogen-bond acceptors (Lipinski definition) is 3. The predicted molar refractivity (Wildman–Crippen MR) is 73.7 cm³/mol. The first kappa shape index (κ1) is 14.2. The minimum Gasteiger partial charge on any atom is -0.328 e. The third-order valence-corrected chi connectivity index (χ3v) is 3.44. The van der Waals surface area contributed by atoms with Crippen molar-refractivity contribution < 1.29 is 9.18 Å². The van der Waals surface area contributed by atoms with Gasteiger partial charge in [-0.25, -0.2) is 4.39 Å². The van der Waals surface area contributed by atoms with Crippen LogP contribution in [0.5, 0.6) is 0 Å². The number of halogens is 2. The molecule has 0 aliphatic carbocycles. The van der Waals surface area contributed by atoms with Crippen LogP contribution in [0.2, 0.25) is 5.02 Å². The van der Waals surface area contributed by atoms with E-state index in [1.165, 1.54) is 18.2 Å². The fourth-order valence-corrected chi connectivity index (χ4v) is 2.27. The first-order valence-electron chi connectivity index (χ1n) is 6.27. The zero-order valence-electron chi connectivity index (χ0n) is 10.5. The van der Waals surface area contributed by atoms with Gasteiger partial charge in [0.2, 0.25) is 5.91 Å². The van der Waals surface area contributed by atoms with Crippen LogP contribution in [-0.2, 0) is 4.79 Å². The summed E-state index contributed by atoms with van der Waals surface area (Å²) in [6.07, 6.45) is 1.78. The number of nitrogens with two attached hydrogens (primary N) is 1. The van der Waals surface area contributed by atoms with Crippen LogP contribution < -0.4 is 11.1 Å². The maximum absolute atomic E-state index is 13.5. The van der Waals surface area contributed by atoms with Gasteiger partial charge in [0.1, 0.15) is 5.82 Å². The maximum Gasteiger partial charge on any atom is 0.238 e. The highest BCUT2D eigenvalue weighted by molar-refractivity contribution is 6.30. The lowest BCUT2D eigenvalue weighted by molar-refractivity contribution is -0.117. The van der Waals surface area contributed by atoms with Gasteiger partial charge in [-0.1, -0.05) is 11.6 Å². The Kier molecular flexibility index (Phi) is 4.74. The van der Waals surface area contributed by atoms with Crippen LogP contribution in [-0.4, -0.2) is 36.5 Å². The molecule has 0 radical (unpaired) electrons. The van der Waals surface area contributed by atoms with Gasteiger partial charge in [-0.15, -0.1) is 0 Å². The lowest BCUT2D eigenvalue weighted by Crippen LogP contribution is -2.43. The Hall–Kier alpha value is -1.17. The molecule has 1 heterocycles. The van der Waals surface area contributed by atoms with Crippen molar-refractivity contribution in [2.24, 2.45) is 5.73 Å². The molecule has 19 heavy (non-hydrogen) atoms. The van der Waals surface area contributed by atoms with E-state index in [-0.39, 0.29) is 24.2 Å². The van der Waals surface area contributed by atoms with Gasteiger partial charge in [-0.2, -0.15) is 0 Å². The molecular weight excluding hydrogens is 269 g/mol. The first-order valence-corrected chi connectivity index (χ1v) is 6.65. The number of rotatable bonds is 3. The molecule has 0 unspecified atom stereocenters. The van der Waals surface area contributed by atoms with E-state index in [1.54, 1.807) is 0 Å². The number of carbonyl (C=O) groups is 1. The van der Waals surface area contributed by atoms with Crippen molar-refractivity contribution in [3.05, 3.63) is 29.0 Å². The van der Waals surface area contributed by atoms with Gasteiger partial charge in [0.05, 0.1) is 12.2 Å². The van der Waals surface area contributed by atoms with Gasteiger partial charge in [0.15, 0.2) is 0 Å². The number of nitrogens with one attached hydrogen (secondary N) is 1. The largest absolute Gasteiger partial charge is 0.328 e. The molecule has 0 atom stereocenters. The summed E-state index contributed by atoms with van der Waals surface area (Å²) in [4.78, 5) is 13.8. The lowest BCUT2D eigenvalue weighted by Gasteiger charge is -2.29. The Labute approximate surface area is 116 Å². The molecule has 2 rings (SSSR count). The van der Waals surface area contributed by atoms with Crippen LogP contribution in [0.1, 0.15) is 12.8 Å². The second-order valence-corrected chi connectivity index (χ2v) is 5.22. The van der Waals surface area contributed by atoms with Gasteiger partial charge in [-0.3, -0.25) is 9.69 Å².